The molecule has 1 aromatic rings. The molecule has 0 saturated carbocycles. The van der Waals surface area contributed by atoms with E-state index in [0.717, 1.165) is 18.3 Å². The van der Waals surface area contributed by atoms with Gasteiger partial charge >= 0.3 is 0 Å². The molecule has 31 heavy (non-hydrogen) atoms. The number of rotatable bonds is 12. The second kappa shape index (κ2) is 25.3. The summed E-state index contributed by atoms with van der Waals surface area (Å²) in [7, 11) is 0. The fourth-order valence-electron chi connectivity index (χ4n) is 3.62. The molecule has 1 rings (SSSR count). The summed E-state index contributed by atoms with van der Waals surface area (Å²) in [6.45, 7) is 21.3. The zero-order valence-electron chi connectivity index (χ0n) is 21.5. The van der Waals surface area contributed by atoms with Crippen molar-refractivity contribution in [3.63, 3.8) is 0 Å². The molecule has 0 bridgehead atoms. The maximum absolute atomic E-state index is 5.65. The second-order valence-electron chi connectivity index (χ2n) is 8.31. The average Bonchev–Trinajstić information content (AvgIpc) is 2.79. The Bertz CT molecular complexity index is 390. The topological polar surface area (TPSA) is 9.23 Å². The van der Waals surface area contributed by atoms with Crippen LogP contribution in [0.1, 0.15) is 135 Å². The molecule has 0 aliphatic heterocycles. The van der Waals surface area contributed by atoms with Crippen LogP contribution in [0, 0.1) is 17.3 Å². The van der Waals surface area contributed by atoms with Crippen molar-refractivity contribution in [2.45, 2.75) is 135 Å². The average molecular weight is 439 g/mol. The summed E-state index contributed by atoms with van der Waals surface area (Å²) in [4.78, 5) is 0. The summed E-state index contributed by atoms with van der Waals surface area (Å²) < 4.78 is 5.65. The van der Waals surface area contributed by atoms with Crippen LogP contribution in [0.5, 0.6) is 5.75 Å². The van der Waals surface area contributed by atoms with E-state index in [1.54, 1.807) is 0 Å². The van der Waals surface area contributed by atoms with Crippen LogP contribution in [0.4, 0.5) is 0 Å². The molecule has 0 aliphatic carbocycles. The number of benzene rings is 1. The molecule has 0 aliphatic rings. The minimum Gasteiger partial charge on any atom is -0.493 e. The molecule has 1 heteroatoms. The molecule has 0 spiro atoms. The van der Waals surface area contributed by atoms with Crippen molar-refractivity contribution in [3.05, 3.63) is 30.3 Å². The van der Waals surface area contributed by atoms with E-state index in [0.29, 0.717) is 11.3 Å². The molecule has 0 amide bonds. The van der Waals surface area contributed by atoms with Gasteiger partial charge in [-0.15, -0.1) is 0 Å². The minimum absolute atomic E-state index is 0. The molecule has 0 saturated heterocycles. The molecule has 1 aromatic carbocycles. The fourth-order valence-corrected chi connectivity index (χ4v) is 3.62. The van der Waals surface area contributed by atoms with E-state index in [1.807, 2.05) is 30.3 Å². The molecule has 0 aromatic heterocycles. The van der Waals surface area contributed by atoms with Gasteiger partial charge < -0.3 is 4.74 Å². The third kappa shape index (κ3) is 18.3. The molecule has 0 atom stereocenters. The first-order valence-corrected chi connectivity index (χ1v) is 12.6. The highest BCUT2D eigenvalue weighted by molar-refractivity contribution is 5.20. The zero-order chi connectivity index (χ0) is 22.5. The highest BCUT2D eigenvalue weighted by Gasteiger charge is 2.20. The van der Waals surface area contributed by atoms with Crippen LogP contribution in [0.25, 0.3) is 0 Å². The Morgan fingerprint density at radius 3 is 1.16 bits per heavy atom. The van der Waals surface area contributed by atoms with Crippen molar-refractivity contribution in [2.24, 2.45) is 17.3 Å². The van der Waals surface area contributed by atoms with E-state index in [9.17, 15) is 0 Å². The van der Waals surface area contributed by atoms with Crippen LogP contribution in [0.15, 0.2) is 30.3 Å². The van der Waals surface area contributed by atoms with Gasteiger partial charge in [0.1, 0.15) is 5.75 Å². The number of hydrogen-bond donors (Lipinski definition) is 0. The van der Waals surface area contributed by atoms with Gasteiger partial charge in [-0.05, 0) is 29.4 Å². The van der Waals surface area contributed by atoms with Gasteiger partial charge in [0, 0.05) is 0 Å². The highest BCUT2D eigenvalue weighted by atomic mass is 16.5. The standard InChI is InChI=1S/C12H18O.C9H20.C7H16.2CH4/c1-3-11(4-2)10-13-12-8-6-5-7-9-12;1-5-9(6-2,7-3)8-4;1-4-7(5-2)6-3;;/h5-9,11H,3-4,10H2,1-2H3;5-8H2,1-4H3;7H,4-6H2,1-3H3;2*1H4. The van der Waals surface area contributed by atoms with E-state index < -0.39 is 0 Å². The fraction of sp³-hybridized carbons (Fsp3) is 0.800. The van der Waals surface area contributed by atoms with Crippen LogP contribution in [0.2, 0.25) is 0 Å². The summed E-state index contributed by atoms with van der Waals surface area (Å²) in [6.07, 6.45) is 11.8. The van der Waals surface area contributed by atoms with E-state index in [1.165, 1.54) is 57.8 Å². The summed E-state index contributed by atoms with van der Waals surface area (Å²) in [5, 5.41) is 0. The first-order chi connectivity index (χ1) is 14.0. The normalized spacial score (nSPS) is 10.2. The first kappa shape index (κ1) is 37.3. The Morgan fingerprint density at radius 1 is 0.581 bits per heavy atom. The zero-order valence-corrected chi connectivity index (χ0v) is 21.5. The van der Waals surface area contributed by atoms with Gasteiger partial charge in [-0.3, -0.25) is 0 Å². The van der Waals surface area contributed by atoms with E-state index in [4.69, 9.17) is 4.74 Å². The van der Waals surface area contributed by atoms with Crippen LogP contribution in [-0.2, 0) is 0 Å². The largest absolute Gasteiger partial charge is 0.493 e. The van der Waals surface area contributed by atoms with Gasteiger partial charge in [0.25, 0.3) is 0 Å². The quantitative estimate of drug-likeness (QED) is 0.315. The lowest BCUT2D eigenvalue weighted by atomic mass is 9.78. The van der Waals surface area contributed by atoms with Gasteiger partial charge in [-0.25, -0.2) is 0 Å². The molecular formula is C30H62O. The van der Waals surface area contributed by atoms with Crippen LogP contribution in [0.3, 0.4) is 0 Å². The molecule has 0 radical (unpaired) electrons. The Hall–Kier alpha value is -0.980. The lowest BCUT2D eigenvalue weighted by molar-refractivity contribution is 0.240. The molecule has 0 fully saturated rings. The lowest BCUT2D eigenvalue weighted by Crippen LogP contribution is -2.15. The van der Waals surface area contributed by atoms with Crippen molar-refractivity contribution in [3.8, 4) is 5.75 Å². The Kier molecular flexibility index (Phi) is 30.5. The molecule has 188 valence electrons. The number of ether oxygens (including phenoxy) is 1. The molecule has 1 nitrogen and oxygen atoms in total. The van der Waals surface area contributed by atoms with Gasteiger partial charge in [-0.2, -0.15) is 0 Å². The molecule has 0 heterocycles. The van der Waals surface area contributed by atoms with Crippen molar-refractivity contribution in [1.82, 2.24) is 0 Å². The maximum atomic E-state index is 5.65. The Balaban J connectivity index is -0.000000180. The molecule has 0 unspecified atom stereocenters. The van der Waals surface area contributed by atoms with Crippen molar-refractivity contribution in [2.75, 3.05) is 6.61 Å². The SMILES string of the molecule is C.C.CCC(CC)(CC)CC.CCC(CC)CC.CCC(CC)COc1ccccc1. The van der Waals surface area contributed by atoms with E-state index in [-0.39, 0.29) is 14.9 Å². The third-order valence-corrected chi connectivity index (χ3v) is 7.12. The van der Waals surface area contributed by atoms with Crippen LogP contribution in [-0.4, -0.2) is 6.61 Å². The van der Waals surface area contributed by atoms with Gasteiger partial charge in [0.15, 0.2) is 0 Å². The van der Waals surface area contributed by atoms with E-state index >= 15 is 0 Å². The molecular weight excluding hydrogens is 376 g/mol. The van der Waals surface area contributed by atoms with Crippen molar-refractivity contribution < 1.29 is 4.74 Å². The van der Waals surface area contributed by atoms with Crippen LogP contribution < -0.4 is 4.74 Å². The summed E-state index contributed by atoms with van der Waals surface area (Å²) in [6, 6.07) is 10.0. The molecule has 0 N–H and O–H groups in total. The van der Waals surface area contributed by atoms with Crippen molar-refractivity contribution in [1.29, 1.82) is 0 Å². The number of para-hydroxylation sites is 1. The lowest BCUT2D eigenvalue weighted by Gasteiger charge is -2.28. The predicted molar refractivity (Wildman–Crippen MR) is 147 cm³/mol. The maximum Gasteiger partial charge on any atom is 0.119 e. The third-order valence-electron chi connectivity index (χ3n) is 7.12. The monoisotopic (exact) mass is 438 g/mol. The van der Waals surface area contributed by atoms with Crippen molar-refractivity contribution >= 4 is 0 Å². The predicted octanol–water partition coefficient (Wildman–Crippen LogP) is 11.2. The second-order valence-corrected chi connectivity index (χ2v) is 8.31. The van der Waals surface area contributed by atoms with Gasteiger partial charge in [0.05, 0.1) is 6.61 Å². The highest BCUT2D eigenvalue weighted by Crippen LogP contribution is 2.33. The van der Waals surface area contributed by atoms with Gasteiger partial charge in [-0.1, -0.05) is 153 Å². The Morgan fingerprint density at radius 2 is 0.935 bits per heavy atom. The summed E-state index contributed by atoms with van der Waals surface area (Å²) >= 11 is 0. The Labute approximate surface area is 199 Å². The number of hydrogen-bond acceptors (Lipinski definition) is 1. The van der Waals surface area contributed by atoms with Gasteiger partial charge in [0.2, 0.25) is 0 Å². The first-order valence-electron chi connectivity index (χ1n) is 12.6. The smallest absolute Gasteiger partial charge is 0.119 e. The summed E-state index contributed by atoms with van der Waals surface area (Å²) in [5.74, 6) is 2.66. The van der Waals surface area contributed by atoms with Crippen LogP contribution >= 0.6 is 0 Å². The van der Waals surface area contributed by atoms with E-state index in [2.05, 4.69) is 62.3 Å². The summed E-state index contributed by atoms with van der Waals surface area (Å²) in [5.41, 5.74) is 0.667. The minimum atomic E-state index is 0.